The van der Waals surface area contributed by atoms with Crippen molar-refractivity contribution < 1.29 is 13.9 Å². The number of rotatable bonds is 7. The van der Waals surface area contributed by atoms with E-state index in [0.29, 0.717) is 26.3 Å². The number of benzene rings is 1. The van der Waals surface area contributed by atoms with E-state index in [1.54, 1.807) is 14.2 Å². The van der Waals surface area contributed by atoms with Crippen LogP contribution < -0.4 is 10.6 Å². The summed E-state index contributed by atoms with van der Waals surface area (Å²) >= 11 is 0. The molecule has 1 fully saturated rings. The van der Waals surface area contributed by atoms with Gasteiger partial charge < -0.3 is 20.1 Å². The molecule has 1 atom stereocenters. The molecule has 1 heterocycles. The Hall–Kier alpha value is -0.970. The molecular formula is C19H32FIN4O2. The highest BCUT2D eigenvalue weighted by atomic mass is 127. The smallest absolute Gasteiger partial charge is 0.191 e. The van der Waals surface area contributed by atoms with Gasteiger partial charge in [0.25, 0.3) is 0 Å². The lowest BCUT2D eigenvalue weighted by Crippen LogP contribution is -2.48. The summed E-state index contributed by atoms with van der Waals surface area (Å²) < 4.78 is 24.2. The first-order chi connectivity index (χ1) is 12.4. The van der Waals surface area contributed by atoms with Crippen LogP contribution in [-0.4, -0.2) is 70.0 Å². The van der Waals surface area contributed by atoms with Gasteiger partial charge in [0.1, 0.15) is 5.82 Å². The SMILES string of the molecule is CN=C(NCC(c1ccc(F)cc1)N1CCOCC1)NCC(C)(C)OC.I. The fourth-order valence-corrected chi connectivity index (χ4v) is 2.81. The zero-order chi connectivity index (χ0) is 19.0. The highest BCUT2D eigenvalue weighted by Crippen LogP contribution is 2.21. The van der Waals surface area contributed by atoms with Gasteiger partial charge in [-0.15, -0.1) is 24.0 Å². The Morgan fingerprint density at radius 3 is 2.44 bits per heavy atom. The van der Waals surface area contributed by atoms with Crippen molar-refractivity contribution in [2.24, 2.45) is 4.99 Å². The van der Waals surface area contributed by atoms with Crippen LogP contribution in [0.5, 0.6) is 0 Å². The molecule has 1 aromatic rings. The van der Waals surface area contributed by atoms with Gasteiger partial charge >= 0.3 is 0 Å². The van der Waals surface area contributed by atoms with Gasteiger partial charge in [0, 0.05) is 40.3 Å². The van der Waals surface area contributed by atoms with Crippen LogP contribution in [0, 0.1) is 5.82 Å². The minimum atomic E-state index is -0.280. The molecule has 0 bridgehead atoms. The number of morpholine rings is 1. The lowest BCUT2D eigenvalue weighted by atomic mass is 10.0. The number of guanidine groups is 1. The molecule has 6 nitrogen and oxygen atoms in total. The molecule has 0 saturated carbocycles. The zero-order valence-corrected chi connectivity index (χ0v) is 19.0. The predicted octanol–water partition coefficient (Wildman–Crippen LogP) is 2.41. The van der Waals surface area contributed by atoms with Crippen LogP contribution in [0.3, 0.4) is 0 Å². The van der Waals surface area contributed by atoms with Gasteiger partial charge in [0.05, 0.1) is 24.9 Å². The van der Waals surface area contributed by atoms with Gasteiger partial charge in [-0.2, -0.15) is 0 Å². The standard InChI is InChI=1S/C19H31FN4O2.HI/c1-19(2,25-4)14-23-18(21-3)22-13-17(24-9-11-26-12-10-24)15-5-7-16(20)8-6-15;/h5-8,17H,9-14H2,1-4H3,(H2,21,22,23);1H. The van der Waals surface area contributed by atoms with Crippen molar-refractivity contribution in [3.05, 3.63) is 35.6 Å². The summed E-state index contributed by atoms with van der Waals surface area (Å²) in [4.78, 5) is 6.64. The van der Waals surface area contributed by atoms with E-state index in [9.17, 15) is 4.39 Å². The molecule has 8 heteroatoms. The molecule has 1 aliphatic heterocycles. The monoisotopic (exact) mass is 494 g/mol. The van der Waals surface area contributed by atoms with E-state index in [0.717, 1.165) is 24.6 Å². The first-order valence-electron chi connectivity index (χ1n) is 9.02. The average Bonchev–Trinajstić information content (AvgIpc) is 2.66. The fourth-order valence-electron chi connectivity index (χ4n) is 2.81. The van der Waals surface area contributed by atoms with Gasteiger partial charge in [-0.05, 0) is 31.5 Å². The lowest BCUT2D eigenvalue weighted by molar-refractivity contribution is 0.0167. The number of ether oxygens (including phenoxy) is 2. The Morgan fingerprint density at radius 1 is 1.26 bits per heavy atom. The van der Waals surface area contributed by atoms with Crippen LogP contribution in [0.2, 0.25) is 0 Å². The largest absolute Gasteiger partial charge is 0.379 e. The third-order valence-electron chi connectivity index (χ3n) is 4.66. The van der Waals surface area contributed by atoms with Crippen molar-refractivity contribution in [3.8, 4) is 0 Å². The van der Waals surface area contributed by atoms with E-state index in [1.165, 1.54) is 12.1 Å². The maximum atomic E-state index is 13.3. The molecule has 0 spiro atoms. The number of aliphatic imine (C=N–C) groups is 1. The topological polar surface area (TPSA) is 58.1 Å². The molecule has 1 aromatic carbocycles. The summed E-state index contributed by atoms with van der Waals surface area (Å²) in [5.74, 6) is 0.497. The van der Waals surface area contributed by atoms with E-state index in [1.807, 2.05) is 26.0 Å². The summed E-state index contributed by atoms with van der Waals surface area (Å²) in [7, 11) is 3.44. The van der Waals surface area contributed by atoms with Gasteiger partial charge in [0.15, 0.2) is 5.96 Å². The summed E-state index contributed by atoms with van der Waals surface area (Å²) in [6.07, 6.45) is 0. The predicted molar refractivity (Wildman–Crippen MR) is 117 cm³/mol. The minimum Gasteiger partial charge on any atom is -0.379 e. The Balaban J connectivity index is 0.00000364. The van der Waals surface area contributed by atoms with Crippen molar-refractivity contribution >= 4 is 29.9 Å². The normalized spacial score (nSPS) is 17.1. The van der Waals surface area contributed by atoms with Crippen LogP contribution in [0.4, 0.5) is 4.39 Å². The van der Waals surface area contributed by atoms with E-state index in [4.69, 9.17) is 9.47 Å². The number of halogens is 2. The van der Waals surface area contributed by atoms with Crippen molar-refractivity contribution in [1.82, 2.24) is 15.5 Å². The van der Waals surface area contributed by atoms with Gasteiger partial charge in [-0.3, -0.25) is 9.89 Å². The summed E-state index contributed by atoms with van der Waals surface area (Å²) in [6.45, 7) is 8.48. The molecular weight excluding hydrogens is 462 g/mol. The van der Waals surface area contributed by atoms with Crippen LogP contribution in [-0.2, 0) is 9.47 Å². The van der Waals surface area contributed by atoms with E-state index < -0.39 is 0 Å². The second-order valence-corrected chi connectivity index (χ2v) is 6.99. The highest BCUT2D eigenvalue weighted by Gasteiger charge is 2.23. The molecule has 27 heavy (non-hydrogen) atoms. The molecule has 154 valence electrons. The molecule has 0 aliphatic carbocycles. The first-order valence-corrected chi connectivity index (χ1v) is 9.02. The van der Waals surface area contributed by atoms with Crippen LogP contribution in [0.1, 0.15) is 25.5 Å². The van der Waals surface area contributed by atoms with Crippen LogP contribution in [0.25, 0.3) is 0 Å². The quantitative estimate of drug-likeness (QED) is 0.347. The molecule has 1 unspecified atom stereocenters. The van der Waals surface area contributed by atoms with Crippen molar-refractivity contribution in [1.29, 1.82) is 0 Å². The van der Waals surface area contributed by atoms with Gasteiger partial charge in [-0.1, -0.05) is 12.1 Å². The van der Waals surface area contributed by atoms with Crippen LogP contribution >= 0.6 is 24.0 Å². The third kappa shape index (κ3) is 7.89. The Kier molecular flexibility index (Phi) is 10.5. The molecule has 1 saturated heterocycles. The van der Waals surface area contributed by atoms with E-state index in [2.05, 4.69) is 20.5 Å². The minimum absolute atomic E-state index is 0. The Morgan fingerprint density at radius 2 is 1.89 bits per heavy atom. The summed E-state index contributed by atoms with van der Waals surface area (Å²) in [5.41, 5.74) is 0.798. The number of nitrogens with one attached hydrogen (secondary N) is 2. The fraction of sp³-hybridized carbons (Fsp3) is 0.632. The third-order valence-corrected chi connectivity index (χ3v) is 4.66. The number of hydrogen-bond donors (Lipinski definition) is 2. The van der Waals surface area contributed by atoms with Crippen molar-refractivity contribution in [2.45, 2.75) is 25.5 Å². The number of methoxy groups -OCH3 is 1. The molecule has 0 radical (unpaired) electrons. The molecule has 0 aromatic heterocycles. The summed E-state index contributed by atoms with van der Waals surface area (Å²) in [5, 5.41) is 6.67. The Labute approximate surface area is 178 Å². The van der Waals surface area contributed by atoms with Crippen LogP contribution in [0.15, 0.2) is 29.3 Å². The van der Waals surface area contributed by atoms with Crippen molar-refractivity contribution in [3.63, 3.8) is 0 Å². The van der Waals surface area contributed by atoms with E-state index >= 15 is 0 Å². The zero-order valence-electron chi connectivity index (χ0n) is 16.6. The average molecular weight is 494 g/mol. The highest BCUT2D eigenvalue weighted by molar-refractivity contribution is 14.0. The number of nitrogens with zero attached hydrogens (tertiary/aromatic N) is 2. The lowest BCUT2D eigenvalue weighted by Gasteiger charge is -2.35. The maximum Gasteiger partial charge on any atom is 0.191 e. The summed E-state index contributed by atoms with van der Waals surface area (Å²) in [6, 6.07) is 6.84. The molecule has 0 amide bonds. The molecule has 2 N–H and O–H groups in total. The Bertz CT molecular complexity index is 578. The second kappa shape index (κ2) is 11.8. The van der Waals surface area contributed by atoms with E-state index in [-0.39, 0.29) is 41.4 Å². The van der Waals surface area contributed by atoms with Crippen molar-refractivity contribution in [2.75, 3.05) is 53.6 Å². The number of hydrogen-bond acceptors (Lipinski definition) is 4. The first kappa shape index (κ1) is 24.1. The van der Waals surface area contributed by atoms with Gasteiger partial charge in [0.2, 0.25) is 0 Å². The molecule has 2 rings (SSSR count). The second-order valence-electron chi connectivity index (χ2n) is 6.99. The van der Waals surface area contributed by atoms with Gasteiger partial charge in [-0.25, -0.2) is 4.39 Å². The maximum absolute atomic E-state index is 13.3. The molecule has 1 aliphatic rings.